The number of morpholine rings is 1. The summed E-state index contributed by atoms with van der Waals surface area (Å²) in [6.07, 6.45) is 6.58. The molecule has 0 spiro atoms. The lowest BCUT2D eigenvalue weighted by Gasteiger charge is -2.30. The minimum Gasteiger partial charge on any atom is -0.378 e. The summed E-state index contributed by atoms with van der Waals surface area (Å²) in [4.78, 5) is 17.2. The van der Waals surface area contributed by atoms with Gasteiger partial charge in [-0.1, -0.05) is 24.6 Å². The zero-order valence-electron chi connectivity index (χ0n) is 18.6. The molecule has 32 heavy (non-hydrogen) atoms. The number of benzene rings is 1. The van der Waals surface area contributed by atoms with Gasteiger partial charge in [-0.15, -0.1) is 0 Å². The minimum absolute atomic E-state index is 0.171. The molecule has 170 valence electrons. The van der Waals surface area contributed by atoms with Crippen molar-refractivity contribution in [3.63, 3.8) is 0 Å². The molecule has 2 aromatic heterocycles. The Morgan fingerprint density at radius 3 is 2.56 bits per heavy atom. The van der Waals surface area contributed by atoms with Gasteiger partial charge in [0.05, 0.1) is 35.6 Å². The Morgan fingerprint density at radius 1 is 1.03 bits per heavy atom. The van der Waals surface area contributed by atoms with Crippen LogP contribution in [0.1, 0.15) is 36.9 Å². The lowest BCUT2D eigenvalue weighted by molar-refractivity contribution is 0.122. The summed E-state index contributed by atoms with van der Waals surface area (Å²) < 4.78 is 20.3. The van der Waals surface area contributed by atoms with Crippen molar-refractivity contribution in [1.29, 1.82) is 0 Å². The van der Waals surface area contributed by atoms with Gasteiger partial charge in [-0.2, -0.15) is 0 Å². The number of hydrogen-bond donors (Lipinski definition) is 1. The maximum atomic E-state index is 14.9. The fraction of sp³-hybridized carbons (Fsp3) is 0.500. The van der Waals surface area contributed by atoms with Crippen LogP contribution < -0.4 is 9.80 Å². The summed E-state index contributed by atoms with van der Waals surface area (Å²) in [6, 6.07) is 5.58. The molecule has 1 aromatic carbocycles. The van der Waals surface area contributed by atoms with Crippen LogP contribution in [-0.2, 0) is 10.5 Å². The zero-order valence-corrected chi connectivity index (χ0v) is 19.4. The van der Waals surface area contributed by atoms with E-state index < -0.39 is 0 Å². The Balaban J connectivity index is 1.33. The largest absolute Gasteiger partial charge is 0.378 e. The van der Waals surface area contributed by atoms with E-state index in [0.29, 0.717) is 11.4 Å². The first kappa shape index (κ1) is 21.5. The van der Waals surface area contributed by atoms with Gasteiger partial charge in [0, 0.05) is 49.9 Å². The van der Waals surface area contributed by atoms with Crippen LogP contribution in [0.15, 0.2) is 29.6 Å². The molecule has 0 radical (unpaired) electrons. The van der Waals surface area contributed by atoms with E-state index in [2.05, 4.69) is 32.8 Å². The average molecular weight is 456 g/mol. The quantitative estimate of drug-likeness (QED) is 0.552. The number of aromatic nitrogens is 3. The number of nitrogens with zero attached hydrogens (tertiary/aromatic N) is 4. The predicted molar refractivity (Wildman–Crippen MR) is 128 cm³/mol. The van der Waals surface area contributed by atoms with Crippen LogP contribution in [0.3, 0.4) is 0 Å². The van der Waals surface area contributed by atoms with E-state index in [1.807, 2.05) is 12.3 Å². The van der Waals surface area contributed by atoms with Crippen molar-refractivity contribution in [2.45, 2.75) is 43.5 Å². The Morgan fingerprint density at radius 2 is 1.78 bits per heavy atom. The Hall–Kier alpha value is -2.32. The first-order valence-electron chi connectivity index (χ1n) is 11.5. The second-order valence-corrected chi connectivity index (χ2v) is 9.52. The van der Waals surface area contributed by atoms with E-state index >= 15 is 0 Å². The second-order valence-electron chi connectivity index (χ2n) is 8.55. The van der Waals surface area contributed by atoms with Gasteiger partial charge in [0.15, 0.2) is 5.16 Å². The van der Waals surface area contributed by atoms with Gasteiger partial charge in [-0.25, -0.2) is 9.37 Å². The molecule has 5 rings (SSSR count). The Bertz CT molecular complexity index is 1070. The summed E-state index contributed by atoms with van der Waals surface area (Å²) in [5.74, 6) is 0.543. The van der Waals surface area contributed by atoms with Crippen molar-refractivity contribution >= 4 is 34.2 Å². The topological polar surface area (TPSA) is 57.3 Å². The molecule has 0 atom stereocenters. The van der Waals surface area contributed by atoms with Gasteiger partial charge < -0.3 is 19.5 Å². The van der Waals surface area contributed by atoms with Crippen molar-refractivity contribution in [2.75, 3.05) is 49.2 Å². The van der Waals surface area contributed by atoms with Crippen molar-refractivity contribution in [3.05, 3.63) is 41.5 Å². The third kappa shape index (κ3) is 4.57. The Kier molecular flexibility index (Phi) is 6.50. The summed E-state index contributed by atoms with van der Waals surface area (Å²) in [7, 11) is 0. The molecule has 0 unspecified atom stereocenters. The lowest BCUT2D eigenvalue weighted by atomic mass is 10.1. The van der Waals surface area contributed by atoms with Crippen LogP contribution in [0.25, 0.3) is 11.0 Å². The van der Waals surface area contributed by atoms with Gasteiger partial charge in [0.25, 0.3) is 0 Å². The number of thioether (sulfide) groups is 1. The summed E-state index contributed by atoms with van der Waals surface area (Å²) >= 11 is 1.61. The number of aromatic amines is 1. The number of ether oxygens (including phenoxy) is 1. The van der Waals surface area contributed by atoms with Crippen LogP contribution in [0.5, 0.6) is 0 Å². The van der Waals surface area contributed by atoms with Crippen molar-refractivity contribution in [1.82, 2.24) is 15.0 Å². The second kappa shape index (κ2) is 9.67. The number of halogens is 1. The Labute approximate surface area is 192 Å². The van der Waals surface area contributed by atoms with E-state index in [-0.39, 0.29) is 5.82 Å². The molecule has 8 heteroatoms. The van der Waals surface area contributed by atoms with Gasteiger partial charge >= 0.3 is 0 Å². The van der Waals surface area contributed by atoms with Crippen LogP contribution in [0.4, 0.5) is 15.8 Å². The normalized spacial score (nSPS) is 17.7. The molecule has 6 nitrogen and oxygen atoms in total. The first-order chi connectivity index (χ1) is 15.7. The summed E-state index contributed by atoms with van der Waals surface area (Å²) in [6.45, 7) is 7.31. The SMILES string of the molecule is Cc1c(N2CCOCC2)ccnc1CSc1nc2cc(N3CCCCCC3)c(F)cc2[nH]1. The van der Waals surface area contributed by atoms with Crippen LogP contribution >= 0.6 is 11.8 Å². The highest BCUT2D eigenvalue weighted by atomic mass is 32.2. The van der Waals surface area contributed by atoms with Gasteiger partial charge in [0.2, 0.25) is 0 Å². The highest BCUT2D eigenvalue weighted by Crippen LogP contribution is 2.31. The monoisotopic (exact) mass is 455 g/mol. The van der Waals surface area contributed by atoms with E-state index in [0.717, 1.165) is 74.1 Å². The molecule has 2 fully saturated rings. The molecular formula is C24H30FN5OS. The van der Waals surface area contributed by atoms with Crippen molar-refractivity contribution < 1.29 is 9.13 Å². The molecule has 2 aliphatic rings. The first-order valence-corrected chi connectivity index (χ1v) is 12.5. The number of hydrogen-bond acceptors (Lipinski definition) is 6. The molecule has 0 bridgehead atoms. The third-order valence-corrected chi connectivity index (χ3v) is 7.34. The fourth-order valence-electron chi connectivity index (χ4n) is 4.61. The van der Waals surface area contributed by atoms with Crippen LogP contribution in [-0.4, -0.2) is 54.3 Å². The molecule has 0 amide bonds. The lowest BCUT2D eigenvalue weighted by Crippen LogP contribution is -2.36. The van der Waals surface area contributed by atoms with E-state index in [1.165, 1.54) is 24.1 Å². The third-order valence-electron chi connectivity index (χ3n) is 6.45. The van der Waals surface area contributed by atoms with E-state index in [4.69, 9.17) is 9.72 Å². The average Bonchev–Trinajstić information content (AvgIpc) is 3.01. The van der Waals surface area contributed by atoms with E-state index in [9.17, 15) is 4.39 Å². The number of rotatable bonds is 5. The highest BCUT2D eigenvalue weighted by molar-refractivity contribution is 7.98. The van der Waals surface area contributed by atoms with Gasteiger partial charge in [0.1, 0.15) is 5.82 Å². The zero-order chi connectivity index (χ0) is 21.9. The molecule has 0 saturated carbocycles. The molecule has 0 aliphatic carbocycles. The van der Waals surface area contributed by atoms with Crippen LogP contribution in [0.2, 0.25) is 0 Å². The molecular weight excluding hydrogens is 425 g/mol. The summed E-state index contributed by atoms with van der Waals surface area (Å²) in [5.41, 5.74) is 5.73. The molecule has 2 aliphatic heterocycles. The predicted octanol–water partition coefficient (Wildman–Crippen LogP) is 4.91. The van der Waals surface area contributed by atoms with Gasteiger partial charge in [-0.05, 0) is 37.5 Å². The van der Waals surface area contributed by atoms with Gasteiger partial charge in [-0.3, -0.25) is 4.98 Å². The van der Waals surface area contributed by atoms with E-state index in [1.54, 1.807) is 17.8 Å². The number of H-pyrrole nitrogens is 1. The number of fused-ring (bicyclic) bond motifs is 1. The fourth-order valence-corrected chi connectivity index (χ4v) is 5.52. The molecule has 2 saturated heterocycles. The molecule has 4 heterocycles. The minimum atomic E-state index is -0.171. The smallest absolute Gasteiger partial charge is 0.166 e. The van der Waals surface area contributed by atoms with Crippen molar-refractivity contribution in [2.24, 2.45) is 0 Å². The molecule has 1 N–H and O–H groups in total. The number of nitrogens with one attached hydrogen (secondary N) is 1. The highest BCUT2D eigenvalue weighted by Gasteiger charge is 2.18. The molecule has 3 aromatic rings. The summed E-state index contributed by atoms with van der Waals surface area (Å²) in [5, 5.41) is 0.797. The standard InChI is InChI=1S/C24H30FN5OS/c1-17-21(26-7-6-22(17)30-10-12-31-13-11-30)16-32-24-27-19-14-18(25)23(15-20(19)28-24)29-8-4-2-3-5-9-29/h6-7,14-15H,2-5,8-13,16H2,1H3,(H,27,28). The number of imidazole rings is 1. The number of anilines is 2. The number of pyridine rings is 1. The van der Waals surface area contributed by atoms with Crippen molar-refractivity contribution in [3.8, 4) is 0 Å². The van der Waals surface area contributed by atoms with Crippen LogP contribution in [0, 0.1) is 12.7 Å². The maximum Gasteiger partial charge on any atom is 0.166 e. The maximum absolute atomic E-state index is 14.9.